The maximum absolute atomic E-state index is 12.8. The molecule has 8 aromatic heterocycles. The summed E-state index contributed by atoms with van der Waals surface area (Å²) in [6.45, 7) is 15.7. The van der Waals surface area contributed by atoms with Crippen LogP contribution in [-0.2, 0) is 44.8 Å². The molecule has 7 aromatic carbocycles. The normalized spacial score (nSPS) is 11.9. The number of fused-ring (bicyclic) bond motifs is 6. The number of H-pyrrole nitrogens is 8. The van der Waals surface area contributed by atoms with Crippen LogP contribution in [0.3, 0.4) is 0 Å². The van der Waals surface area contributed by atoms with Crippen LogP contribution < -0.4 is 27.0 Å². The highest BCUT2D eigenvalue weighted by Gasteiger charge is 2.31. The standard InChI is InChI=1S/C24H19F3N2O3.C23H17N3O4.C23H20N2O4.C21H23N3O4/c1-3-17-21(29-23(32)20(12(2)30)22(17)31)14-6-9-18-15(10-14)11-19(28-18)13-4-7-16(8-5-13)24(25,26)27;1-2-16-20(26-22(28)19(21(16)27)23(29)30)14-7-8-17-15(9-14)10-18(25-17)13-5-3-12(11-24)4-6-13;1-3-16-20(25-22(26)19(23(27)28)21(16)29-2)14-9-10-17-15(11-14)12-18(24-17)13-7-5-4-6-8-13;1-3-12-18(23-20(26)17(19(12)25)21(27)28)11-5-6-13-14-10-24(4-2)8-7-15(14)22-16(13)9-11/h4-11,28,30H,2-3H2,1H3,(H2,29,31,32);3-10,25H,2H2,1H3,(H,29,30)(H2,26,27,28);4-12,24H,3H2,1-2H3,(H,25,26)(H,27,28);5-6,9,22H,3-4,7-8,10H2,1-2H3,(H,27,28)(H2,23,25,26). The topological polar surface area (TPSA) is 424 Å². The van der Waals surface area contributed by atoms with Crippen molar-refractivity contribution < 1.29 is 68.0 Å². The van der Waals surface area contributed by atoms with Crippen LogP contribution >= 0.6 is 0 Å². The van der Waals surface area contributed by atoms with Crippen LogP contribution in [0, 0.1) is 11.3 Å². The van der Waals surface area contributed by atoms with Gasteiger partial charge in [0.15, 0.2) is 16.7 Å². The Labute approximate surface area is 674 Å². The first-order valence-electron chi connectivity index (χ1n) is 37.8. The molecule has 0 fully saturated rings. The highest BCUT2D eigenvalue weighted by atomic mass is 19.4. The second-order valence-electron chi connectivity index (χ2n) is 28.1. The monoisotopic (exact) mass is 1610 g/mol. The number of aliphatic hydroxyl groups excluding tert-OH is 1. The molecule has 15 aromatic rings. The van der Waals surface area contributed by atoms with E-state index in [0.717, 1.165) is 115 Å². The SMILES string of the molecule is C=C(O)c1c(O)c(CC)c(-c2ccc3[nH]c(-c4ccc(C(F)(F)F)cc4)cc3c2)[nH]c1=O.CCc1c(-c2ccc3[nH]c(-c4ccc(C#N)cc4)cc3c2)[nH]c(=O)c(C(=O)O)c1O.CCc1c(-c2ccc3[nH]c(-c4ccccc4)cc3c2)[nH]c(=O)c(C(=O)O)c1OC.CCc1c(-c2ccc3c4c([nH]c3c2)CCN(CC)C4)[nH]c(=O)c(C(=O)O)c1O. The summed E-state index contributed by atoms with van der Waals surface area (Å²) >= 11 is 0. The number of aromatic nitrogens is 8. The van der Waals surface area contributed by atoms with Crippen molar-refractivity contribution in [1.29, 1.82) is 5.26 Å². The number of ether oxygens (including phenoxy) is 1. The van der Waals surface area contributed by atoms with Gasteiger partial charge in [0.2, 0.25) is 0 Å². The minimum absolute atomic E-state index is 0.109. The Balaban J connectivity index is 0.000000137. The first-order chi connectivity index (χ1) is 57.0. The molecule has 0 saturated heterocycles. The van der Waals surface area contributed by atoms with Crippen molar-refractivity contribution >= 4 is 67.3 Å². The lowest BCUT2D eigenvalue weighted by Crippen LogP contribution is -2.29. The number of carbonyl (C=O) groups is 3. The number of aromatic amines is 8. The molecular formula is C91H79F3N10O15. The first kappa shape index (κ1) is 81.9. The summed E-state index contributed by atoms with van der Waals surface area (Å²) in [4.78, 5) is 110. The molecule has 0 atom stereocenters. The minimum atomic E-state index is -4.40. The molecule has 0 radical (unpaired) electrons. The fourth-order valence-corrected chi connectivity index (χ4v) is 15.2. The summed E-state index contributed by atoms with van der Waals surface area (Å²) in [7, 11) is 1.38. The van der Waals surface area contributed by atoms with Crippen LogP contribution in [0.1, 0.15) is 116 Å². The molecule has 119 heavy (non-hydrogen) atoms. The number of nitriles is 1. The van der Waals surface area contributed by atoms with E-state index < -0.39 is 80.3 Å². The van der Waals surface area contributed by atoms with Crippen LogP contribution in [0.4, 0.5) is 13.2 Å². The van der Waals surface area contributed by atoms with Gasteiger partial charge in [0.25, 0.3) is 22.2 Å². The second-order valence-corrected chi connectivity index (χ2v) is 28.1. The Morgan fingerprint density at radius 1 is 0.462 bits per heavy atom. The number of hydrogen-bond donors (Lipinski definition) is 15. The lowest BCUT2D eigenvalue weighted by atomic mass is 9.98. The van der Waals surface area contributed by atoms with Gasteiger partial charge in [0, 0.05) is 114 Å². The molecule has 0 unspecified atom stereocenters. The highest BCUT2D eigenvalue weighted by molar-refractivity contribution is 5.97. The van der Waals surface area contributed by atoms with Gasteiger partial charge in [-0.05, 0) is 156 Å². The average Bonchev–Trinajstić information content (AvgIpc) is 1.75. The average molecular weight is 1610 g/mol. The van der Waals surface area contributed by atoms with Crippen molar-refractivity contribution in [3.63, 3.8) is 0 Å². The molecule has 28 heteroatoms. The van der Waals surface area contributed by atoms with Gasteiger partial charge in [-0.25, -0.2) is 14.4 Å². The molecule has 9 heterocycles. The number of pyridine rings is 4. The zero-order valence-electron chi connectivity index (χ0n) is 65.0. The van der Waals surface area contributed by atoms with Gasteiger partial charge in [0.1, 0.15) is 34.3 Å². The molecule has 25 nitrogen and oxygen atoms in total. The number of hydrogen-bond acceptors (Lipinski definition) is 14. The lowest BCUT2D eigenvalue weighted by Gasteiger charge is -2.25. The molecule has 0 amide bonds. The number of alkyl halides is 3. The predicted molar refractivity (Wildman–Crippen MR) is 450 cm³/mol. The summed E-state index contributed by atoms with van der Waals surface area (Å²) < 4.78 is 43.8. The van der Waals surface area contributed by atoms with E-state index in [4.69, 9.17) is 10.00 Å². The van der Waals surface area contributed by atoms with Gasteiger partial charge in [-0.15, -0.1) is 0 Å². The number of halogens is 3. The summed E-state index contributed by atoms with van der Waals surface area (Å²) in [5, 5.41) is 81.5. The van der Waals surface area contributed by atoms with E-state index in [1.54, 1.807) is 56.3 Å². The molecule has 1 aliphatic heterocycles. The number of aliphatic hydroxyl groups is 1. The van der Waals surface area contributed by atoms with E-state index in [1.165, 1.54) is 30.5 Å². The van der Waals surface area contributed by atoms with E-state index in [1.807, 2.05) is 111 Å². The van der Waals surface area contributed by atoms with Gasteiger partial charge in [-0.2, -0.15) is 18.4 Å². The largest absolute Gasteiger partial charge is 0.508 e. The number of nitrogens with zero attached hydrogens (tertiary/aromatic N) is 2. The third-order valence-corrected chi connectivity index (χ3v) is 21.1. The zero-order chi connectivity index (χ0) is 85.2. The number of nitrogens with one attached hydrogen (secondary N) is 8. The number of carboxylic acids is 3. The Kier molecular flexibility index (Phi) is 23.2. The Morgan fingerprint density at radius 3 is 1.24 bits per heavy atom. The number of likely N-dealkylation sites (N-methyl/N-ethyl adjacent to an activating group) is 1. The molecule has 0 bridgehead atoms. The van der Waals surface area contributed by atoms with Crippen molar-refractivity contribution in [1.82, 2.24) is 44.8 Å². The highest BCUT2D eigenvalue weighted by Crippen LogP contribution is 2.41. The van der Waals surface area contributed by atoms with Gasteiger partial charge in [-0.3, -0.25) is 24.1 Å². The smallest absolute Gasteiger partial charge is 0.416 e. The van der Waals surface area contributed by atoms with Crippen LogP contribution in [0.15, 0.2) is 196 Å². The van der Waals surface area contributed by atoms with E-state index >= 15 is 0 Å². The van der Waals surface area contributed by atoms with Crippen molar-refractivity contribution in [3.05, 3.63) is 285 Å². The second kappa shape index (κ2) is 33.8. The number of aromatic carboxylic acids is 3. The fraction of sp³-hybridized carbons (Fsp3) is 0.165. The van der Waals surface area contributed by atoms with E-state index in [0.29, 0.717) is 98.7 Å². The van der Waals surface area contributed by atoms with E-state index in [9.17, 15) is 82.5 Å². The van der Waals surface area contributed by atoms with Crippen LogP contribution in [0.2, 0.25) is 0 Å². The number of aromatic hydroxyl groups is 3. The molecule has 15 N–H and O–H groups in total. The van der Waals surface area contributed by atoms with Crippen LogP contribution in [0.5, 0.6) is 23.0 Å². The number of rotatable bonds is 17. The van der Waals surface area contributed by atoms with Gasteiger partial charge in [-0.1, -0.05) is 126 Å². The molecule has 16 rings (SSSR count). The number of carboxylic acid groups (broad SMARTS) is 3. The zero-order valence-corrected chi connectivity index (χ0v) is 65.0. The Morgan fingerprint density at radius 2 is 0.840 bits per heavy atom. The molecule has 0 aliphatic carbocycles. The number of benzene rings is 7. The Bertz CT molecular complexity index is 6840. The minimum Gasteiger partial charge on any atom is -0.508 e. The molecule has 1 aliphatic rings. The van der Waals surface area contributed by atoms with Crippen LogP contribution in [-0.4, -0.2) is 119 Å². The maximum Gasteiger partial charge on any atom is 0.416 e. The van der Waals surface area contributed by atoms with E-state index in [-0.39, 0.29) is 22.6 Å². The quantitative estimate of drug-likeness (QED) is 0.0377. The van der Waals surface area contributed by atoms with Crippen molar-refractivity contribution in [2.45, 2.75) is 79.4 Å². The summed E-state index contributed by atoms with van der Waals surface area (Å²) in [6.07, 6.45) is -1.79. The summed E-state index contributed by atoms with van der Waals surface area (Å²) in [6, 6.07) is 52.6. The van der Waals surface area contributed by atoms with Gasteiger partial charge < -0.3 is 80.4 Å². The third kappa shape index (κ3) is 16.2. The molecule has 604 valence electrons. The van der Waals surface area contributed by atoms with Crippen molar-refractivity contribution in [2.24, 2.45) is 0 Å². The van der Waals surface area contributed by atoms with Crippen LogP contribution in [0.25, 0.3) is 128 Å². The Hall–Kier alpha value is -15.1. The van der Waals surface area contributed by atoms with Gasteiger partial charge in [0.05, 0.1) is 47.1 Å². The third-order valence-electron chi connectivity index (χ3n) is 21.1. The molecule has 0 spiro atoms. The summed E-state index contributed by atoms with van der Waals surface area (Å²) in [5.41, 5.74) is 12.8. The predicted octanol–water partition coefficient (Wildman–Crippen LogP) is 17.4. The van der Waals surface area contributed by atoms with E-state index in [2.05, 4.69) is 70.4 Å². The lowest BCUT2D eigenvalue weighted by molar-refractivity contribution is -0.137. The van der Waals surface area contributed by atoms with Crippen molar-refractivity contribution in [3.8, 4) is 108 Å². The molecule has 0 saturated carbocycles. The first-order valence-corrected chi connectivity index (χ1v) is 37.8. The molecular weight excluding hydrogens is 1530 g/mol. The summed E-state index contributed by atoms with van der Waals surface area (Å²) in [5.74, 6) is -5.91. The fourth-order valence-electron chi connectivity index (χ4n) is 15.2. The van der Waals surface area contributed by atoms with Crippen molar-refractivity contribution in [2.75, 3.05) is 20.2 Å². The van der Waals surface area contributed by atoms with Gasteiger partial charge >= 0.3 is 24.1 Å². The number of methoxy groups -OCH3 is 1. The maximum atomic E-state index is 12.8.